The van der Waals surface area contributed by atoms with Crippen LogP contribution in [0.4, 0.5) is 0 Å². The number of hydrogen-bond acceptors (Lipinski definition) is 5. The van der Waals surface area contributed by atoms with E-state index in [0.29, 0.717) is 5.75 Å². The Morgan fingerprint density at radius 3 is 2.06 bits per heavy atom. The van der Waals surface area contributed by atoms with Crippen LogP contribution in [0.3, 0.4) is 0 Å². The van der Waals surface area contributed by atoms with Gasteiger partial charge < -0.3 is 19.6 Å². The summed E-state index contributed by atoms with van der Waals surface area (Å²) in [5, 5.41) is 9.78. The van der Waals surface area contributed by atoms with Crippen LogP contribution in [0.15, 0.2) is 24.3 Å². The van der Waals surface area contributed by atoms with Gasteiger partial charge in [0, 0.05) is 5.56 Å². The van der Waals surface area contributed by atoms with Crippen LogP contribution in [-0.2, 0) is 19.2 Å². The molecule has 0 aliphatic rings. The molecule has 0 spiro atoms. The first kappa shape index (κ1) is 14.4. The predicted octanol–water partition coefficient (Wildman–Crippen LogP) is 0.663. The molecule has 1 aromatic carbocycles. The maximum atomic E-state index is 11.1. The Labute approximate surface area is 98.4 Å². The molecule has 0 amide bonds. The van der Waals surface area contributed by atoms with Crippen molar-refractivity contribution in [2.24, 2.45) is 0 Å². The smallest absolute Gasteiger partial charge is 0.319 e. The maximum Gasteiger partial charge on any atom is 0.319 e. The van der Waals surface area contributed by atoms with Crippen LogP contribution in [0.5, 0.6) is 5.75 Å². The summed E-state index contributed by atoms with van der Waals surface area (Å²) in [5.74, 6) is 0.463. The van der Waals surface area contributed by atoms with E-state index >= 15 is 0 Å². The lowest BCUT2D eigenvalue weighted by atomic mass is 10.2. The van der Waals surface area contributed by atoms with Crippen LogP contribution < -0.4 is 4.74 Å². The quantitative estimate of drug-likeness (QED) is 0.537. The summed E-state index contributed by atoms with van der Waals surface area (Å²) in [7, 11) is -5.76. The fourth-order valence-corrected chi connectivity index (χ4v) is 2.56. The Morgan fingerprint density at radius 1 is 1.18 bits per heavy atom. The number of ether oxygens (including phenoxy) is 1. The third kappa shape index (κ3) is 3.39. The molecule has 9 heteroatoms. The second-order valence-electron chi connectivity index (χ2n) is 3.05. The van der Waals surface area contributed by atoms with Gasteiger partial charge in [-0.15, -0.1) is 0 Å². The van der Waals surface area contributed by atoms with E-state index in [9.17, 15) is 14.2 Å². The molecule has 0 saturated heterocycles. The minimum absolute atomic E-state index is 0.0999. The van der Waals surface area contributed by atoms with Crippen molar-refractivity contribution >= 4 is 16.3 Å². The molecule has 1 rings (SSSR count). The first-order valence-electron chi connectivity index (χ1n) is 4.42. The average Bonchev–Trinajstić information content (AvgIpc) is 2.28. The third-order valence-electron chi connectivity index (χ3n) is 2.01. The van der Waals surface area contributed by atoms with Gasteiger partial charge in [-0.05, 0) is 24.3 Å². The predicted molar refractivity (Wildman–Crippen MR) is 60.4 cm³/mol. The normalized spacial score (nSPS) is 18.1. The summed E-state index contributed by atoms with van der Waals surface area (Å²) < 4.78 is 30.7. The topological polar surface area (TPSA) is 113 Å². The number of aliphatic hydroxyl groups is 1. The minimum Gasteiger partial charge on any atom is -0.497 e. The van der Waals surface area contributed by atoms with Gasteiger partial charge in [0.25, 0.3) is 13.6 Å². The highest BCUT2D eigenvalue weighted by atomic mass is 31.1. The van der Waals surface area contributed by atoms with Gasteiger partial charge in [-0.3, -0.25) is 13.7 Å². The Bertz CT molecular complexity index is 432. The zero-order valence-electron chi connectivity index (χ0n) is 8.78. The van der Waals surface area contributed by atoms with E-state index < -0.39 is 21.8 Å². The van der Waals surface area contributed by atoms with Crippen molar-refractivity contribution in [1.82, 2.24) is 0 Å². The molecular weight excluding hydrogens is 270 g/mol. The van der Waals surface area contributed by atoms with Crippen molar-refractivity contribution < 1.29 is 33.3 Å². The molecule has 96 valence electrons. The van der Waals surface area contributed by atoms with Crippen molar-refractivity contribution in [3.05, 3.63) is 29.8 Å². The lowest BCUT2D eigenvalue weighted by Gasteiger charge is -2.23. The van der Waals surface area contributed by atoms with Gasteiger partial charge in [0.2, 0.25) is 0 Å². The van der Waals surface area contributed by atoms with Crippen molar-refractivity contribution in [3.63, 3.8) is 0 Å². The second-order valence-corrected chi connectivity index (χ2v) is 5.07. The molecule has 3 N–H and O–H groups in total. The summed E-state index contributed by atoms with van der Waals surface area (Å²) in [6, 6.07) is 5.37. The van der Waals surface area contributed by atoms with E-state index in [1.54, 1.807) is 0 Å². The van der Waals surface area contributed by atoms with Gasteiger partial charge in [-0.1, -0.05) is 0 Å². The fourth-order valence-electron chi connectivity index (χ4n) is 1.17. The monoisotopic (exact) mass is 282 g/mol. The highest BCUT2D eigenvalue weighted by Crippen LogP contribution is 2.48. The molecular formula is C8H12O7P2. The molecule has 3 unspecified atom stereocenters. The maximum absolute atomic E-state index is 11.1. The van der Waals surface area contributed by atoms with Crippen LogP contribution >= 0.6 is 16.3 Å². The van der Waals surface area contributed by atoms with Crippen LogP contribution in [0, 0.1) is 0 Å². The van der Waals surface area contributed by atoms with Gasteiger partial charge >= 0.3 is 8.25 Å². The van der Waals surface area contributed by atoms with E-state index in [-0.39, 0.29) is 5.56 Å². The van der Waals surface area contributed by atoms with Crippen LogP contribution in [0.25, 0.3) is 0 Å². The summed E-state index contributed by atoms with van der Waals surface area (Å²) >= 11 is 0. The van der Waals surface area contributed by atoms with Gasteiger partial charge in [-0.25, -0.2) is 0 Å². The average molecular weight is 282 g/mol. The minimum atomic E-state index is -3.63. The highest BCUT2D eigenvalue weighted by molar-refractivity contribution is 7.40. The lowest BCUT2D eigenvalue weighted by Crippen LogP contribution is -2.22. The molecule has 0 heterocycles. The van der Waals surface area contributed by atoms with Crippen molar-refractivity contribution in [2.45, 2.75) is 5.53 Å². The van der Waals surface area contributed by atoms with E-state index in [1.165, 1.54) is 31.4 Å². The van der Waals surface area contributed by atoms with Gasteiger partial charge in [-0.2, -0.15) is 0 Å². The molecule has 0 bridgehead atoms. The van der Waals surface area contributed by atoms with Gasteiger partial charge in [0.15, 0.2) is 0 Å². The molecule has 0 aromatic heterocycles. The Kier molecular flexibility index (Phi) is 4.89. The van der Waals surface area contributed by atoms with E-state index in [0.717, 1.165) is 0 Å². The van der Waals surface area contributed by atoms with E-state index in [2.05, 4.69) is 4.52 Å². The molecule has 0 radical (unpaired) electrons. The number of hydrogen-bond donors (Lipinski definition) is 3. The molecule has 1 aromatic rings. The lowest BCUT2D eigenvalue weighted by molar-refractivity contribution is -0.0741. The first-order valence-corrected chi connectivity index (χ1v) is 7.04. The van der Waals surface area contributed by atoms with Crippen molar-refractivity contribution in [3.8, 4) is 5.75 Å². The number of methoxy groups -OCH3 is 1. The first-order chi connectivity index (χ1) is 7.90. The third-order valence-corrected chi connectivity index (χ3v) is 3.65. The summed E-state index contributed by atoms with van der Waals surface area (Å²) in [6.45, 7) is 0. The van der Waals surface area contributed by atoms with Crippen LogP contribution in [-0.4, -0.2) is 22.0 Å². The van der Waals surface area contributed by atoms with Gasteiger partial charge in [0.05, 0.1) is 7.11 Å². The second kappa shape index (κ2) is 5.78. The molecule has 0 aliphatic carbocycles. The zero-order valence-corrected chi connectivity index (χ0v) is 10.8. The SMILES string of the molecule is COc1ccc(C(O)(O[PH](=O)O)[PH](=O)O)cc1. The summed E-state index contributed by atoms with van der Waals surface area (Å²) in [6.07, 6.45) is 0. The molecule has 0 fully saturated rings. The molecule has 0 aliphatic heterocycles. The van der Waals surface area contributed by atoms with Crippen molar-refractivity contribution in [1.29, 1.82) is 0 Å². The van der Waals surface area contributed by atoms with E-state index in [4.69, 9.17) is 14.5 Å². The van der Waals surface area contributed by atoms with Crippen LogP contribution in [0.2, 0.25) is 0 Å². The molecule has 0 saturated carbocycles. The number of rotatable bonds is 5. The van der Waals surface area contributed by atoms with Crippen LogP contribution in [0.1, 0.15) is 5.56 Å². The zero-order chi connectivity index (χ0) is 13.1. The summed E-state index contributed by atoms with van der Waals surface area (Å²) in [4.78, 5) is 17.6. The Hall–Kier alpha value is -0.680. The standard InChI is InChI=1S/C8H12O7P2/c1-14-7-4-2-6(3-5-7)8(9,16(10)11)15-17(12)13/h2-5,9,16-17H,1H3,(H,10,11)(H,12,13). The van der Waals surface area contributed by atoms with E-state index in [1.807, 2.05) is 0 Å². The molecule has 7 nitrogen and oxygen atoms in total. The molecule has 3 atom stereocenters. The summed E-state index contributed by atoms with van der Waals surface area (Å²) in [5.41, 5.74) is -2.76. The van der Waals surface area contributed by atoms with Crippen molar-refractivity contribution in [2.75, 3.05) is 7.11 Å². The highest BCUT2D eigenvalue weighted by Gasteiger charge is 2.38. The van der Waals surface area contributed by atoms with Gasteiger partial charge in [0.1, 0.15) is 5.75 Å². The Morgan fingerprint density at radius 2 is 1.71 bits per heavy atom. The molecule has 17 heavy (non-hydrogen) atoms. The fraction of sp³-hybridized carbons (Fsp3) is 0.250. The Balaban J connectivity index is 3.13. The largest absolute Gasteiger partial charge is 0.497 e. The number of benzene rings is 1.